The maximum atomic E-state index is 12.5. The van der Waals surface area contributed by atoms with Crippen molar-refractivity contribution in [3.05, 3.63) is 46.0 Å². The van der Waals surface area contributed by atoms with Gasteiger partial charge in [0.15, 0.2) is 5.78 Å². The summed E-state index contributed by atoms with van der Waals surface area (Å²) in [6.07, 6.45) is 5.25. The SMILES string of the molecule is CC12C=CC(Br)CC1C(=O)c1cc(Br)ccc12. The number of carbonyl (C=O) groups is 1. The van der Waals surface area contributed by atoms with Crippen molar-refractivity contribution >= 4 is 37.6 Å². The van der Waals surface area contributed by atoms with Crippen molar-refractivity contribution in [3.8, 4) is 0 Å². The second-order valence-electron chi connectivity index (χ2n) is 5.00. The third kappa shape index (κ3) is 1.59. The van der Waals surface area contributed by atoms with Gasteiger partial charge >= 0.3 is 0 Å². The molecule has 1 aromatic rings. The van der Waals surface area contributed by atoms with Crippen LogP contribution in [0.1, 0.15) is 29.3 Å². The minimum Gasteiger partial charge on any atom is -0.294 e. The van der Waals surface area contributed by atoms with E-state index in [1.54, 1.807) is 0 Å². The smallest absolute Gasteiger partial charge is 0.167 e. The van der Waals surface area contributed by atoms with Crippen LogP contribution in [0.3, 0.4) is 0 Å². The molecule has 1 nitrogen and oxygen atoms in total. The molecule has 2 aliphatic rings. The molecule has 3 rings (SSSR count). The molecule has 0 radical (unpaired) electrons. The van der Waals surface area contributed by atoms with Gasteiger partial charge in [-0.1, -0.05) is 57.0 Å². The van der Waals surface area contributed by atoms with E-state index >= 15 is 0 Å². The van der Waals surface area contributed by atoms with Crippen LogP contribution >= 0.6 is 31.9 Å². The minimum absolute atomic E-state index is 0.0844. The number of benzene rings is 1. The number of fused-ring (bicyclic) bond motifs is 3. The number of alkyl halides is 1. The Balaban J connectivity index is 2.21. The highest BCUT2D eigenvalue weighted by Crippen LogP contribution is 2.49. The molecule has 0 bridgehead atoms. The Morgan fingerprint density at radius 2 is 2.18 bits per heavy atom. The lowest BCUT2D eigenvalue weighted by atomic mass is 9.71. The van der Waals surface area contributed by atoms with E-state index in [0.29, 0.717) is 4.83 Å². The van der Waals surface area contributed by atoms with Crippen LogP contribution < -0.4 is 0 Å². The van der Waals surface area contributed by atoms with Gasteiger partial charge < -0.3 is 0 Å². The summed E-state index contributed by atoms with van der Waals surface area (Å²) in [4.78, 5) is 12.8. The fourth-order valence-corrected chi connectivity index (χ4v) is 3.89. The average Bonchev–Trinajstić information content (AvgIpc) is 2.50. The van der Waals surface area contributed by atoms with E-state index in [9.17, 15) is 4.79 Å². The summed E-state index contributed by atoms with van der Waals surface area (Å²) in [5.74, 6) is 0.374. The van der Waals surface area contributed by atoms with Crippen molar-refractivity contribution in [1.82, 2.24) is 0 Å². The summed E-state index contributed by atoms with van der Waals surface area (Å²) in [5.41, 5.74) is 1.95. The molecule has 0 aliphatic heterocycles. The highest BCUT2D eigenvalue weighted by molar-refractivity contribution is 9.10. The highest BCUT2D eigenvalue weighted by Gasteiger charge is 2.49. The number of hydrogen-bond donors (Lipinski definition) is 0. The molecule has 0 amide bonds. The first-order valence-corrected chi connectivity index (χ1v) is 7.41. The van der Waals surface area contributed by atoms with Gasteiger partial charge in [-0.2, -0.15) is 0 Å². The van der Waals surface area contributed by atoms with Crippen molar-refractivity contribution < 1.29 is 4.79 Å². The van der Waals surface area contributed by atoms with Crippen LogP contribution in [0.5, 0.6) is 0 Å². The molecule has 88 valence electrons. The molecule has 0 saturated carbocycles. The molecule has 3 unspecified atom stereocenters. The molecule has 3 heteroatoms. The largest absolute Gasteiger partial charge is 0.294 e. The van der Waals surface area contributed by atoms with Crippen molar-refractivity contribution in [3.63, 3.8) is 0 Å². The van der Waals surface area contributed by atoms with E-state index in [2.05, 4.69) is 57.0 Å². The zero-order valence-electron chi connectivity index (χ0n) is 9.41. The standard InChI is InChI=1S/C14H12Br2O/c1-14-5-4-9(16)7-12(14)13(17)10-6-8(15)2-3-11(10)14/h2-6,9,12H,7H2,1H3. The van der Waals surface area contributed by atoms with Gasteiger partial charge in [0.05, 0.1) is 0 Å². The predicted octanol–water partition coefficient (Wildman–Crippen LogP) is 4.24. The Labute approximate surface area is 118 Å². The third-order valence-electron chi connectivity index (χ3n) is 3.98. The van der Waals surface area contributed by atoms with Crippen LogP contribution in [-0.4, -0.2) is 10.6 Å². The molecule has 0 N–H and O–H groups in total. The second-order valence-corrected chi connectivity index (χ2v) is 7.09. The lowest BCUT2D eigenvalue weighted by Gasteiger charge is -2.33. The van der Waals surface area contributed by atoms with Crippen molar-refractivity contribution in [2.45, 2.75) is 23.6 Å². The highest BCUT2D eigenvalue weighted by atomic mass is 79.9. The lowest BCUT2D eigenvalue weighted by Crippen LogP contribution is -2.33. The average molecular weight is 356 g/mol. The normalized spacial score (nSPS) is 34.6. The van der Waals surface area contributed by atoms with Crippen LogP contribution in [0, 0.1) is 5.92 Å². The van der Waals surface area contributed by atoms with Crippen LogP contribution in [-0.2, 0) is 5.41 Å². The number of hydrogen-bond acceptors (Lipinski definition) is 1. The molecule has 0 aromatic heterocycles. The van der Waals surface area contributed by atoms with Crippen LogP contribution in [0.25, 0.3) is 0 Å². The topological polar surface area (TPSA) is 17.1 Å². The molecule has 17 heavy (non-hydrogen) atoms. The predicted molar refractivity (Wildman–Crippen MR) is 75.8 cm³/mol. The Morgan fingerprint density at radius 1 is 1.41 bits per heavy atom. The second kappa shape index (κ2) is 3.79. The van der Waals surface area contributed by atoms with Gasteiger partial charge in [0.25, 0.3) is 0 Å². The van der Waals surface area contributed by atoms with Gasteiger partial charge in [-0.3, -0.25) is 4.79 Å². The van der Waals surface area contributed by atoms with Crippen molar-refractivity contribution in [2.75, 3.05) is 0 Å². The number of ketones is 1. The van der Waals surface area contributed by atoms with Gasteiger partial charge in [-0.15, -0.1) is 0 Å². The molecule has 1 aromatic carbocycles. The Hall–Kier alpha value is -0.410. The number of Topliss-reactive ketones (excluding diaryl/α,β-unsaturated/α-hetero) is 1. The molecular weight excluding hydrogens is 344 g/mol. The molecule has 0 saturated heterocycles. The zero-order valence-corrected chi connectivity index (χ0v) is 12.6. The monoisotopic (exact) mass is 354 g/mol. The zero-order chi connectivity index (χ0) is 12.2. The van der Waals surface area contributed by atoms with E-state index in [0.717, 1.165) is 16.5 Å². The molecular formula is C14H12Br2O. The molecule has 0 heterocycles. The molecule has 2 aliphatic carbocycles. The summed E-state index contributed by atoms with van der Waals surface area (Å²) >= 11 is 7.03. The van der Waals surface area contributed by atoms with E-state index in [1.165, 1.54) is 5.56 Å². The first kappa shape index (κ1) is 11.7. The maximum Gasteiger partial charge on any atom is 0.167 e. The molecule has 3 atom stereocenters. The number of carbonyl (C=O) groups excluding carboxylic acids is 1. The fraction of sp³-hybridized carbons (Fsp3) is 0.357. The minimum atomic E-state index is -0.114. The lowest BCUT2D eigenvalue weighted by molar-refractivity contribution is 0.0898. The van der Waals surface area contributed by atoms with E-state index in [4.69, 9.17) is 0 Å². The Morgan fingerprint density at radius 3 is 2.94 bits per heavy atom. The summed E-state index contributed by atoms with van der Waals surface area (Å²) in [5, 5.41) is 0. The molecule has 0 fully saturated rings. The van der Waals surface area contributed by atoms with Gasteiger partial charge in [0.1, 0.15) is 0 Å². The van der Waals surface area contributed by atoms with E-state index in [-0.39, 0.29) is 17.1 Å². The summed E-state index contributed by atoms with van der Waals surface area (Å²) in [7, 11) is 0. The number of rotatable bonds is 0. The van der Waals surface area contributed by atoms with Crippen LogP contribution in [0.2, 0.25) is 0 Å². The summed E-state index contributed by atoms with van der Waals surface area (Å²) in [6.45, 7) is 2.17. The fourth-order valence-electron chi connectivity index (χ4n) is 3.00. The number of allylic oxidation sites excluding steroid dienone is 2. The summed E-state index contributed by atoms with van der Waals surface area (Å²) in [6, 6.07) is 6.06. The van der Waals surface area contributed by atoms with Crippen molar-refractivity contribution in [2.24, 2.45) is 5.92 Å². The number of halogens is 2. The van der Waals surface area contributed by atoms with Crippen LogP contribution in [0.15, 0.2) is 34.8 Å². The third-order valence-corrected chi connectivity index (χ3v) is 5.15. The first-order valence-electron chi connectivity index (χ1n) is 5.70. The Kier molecular flexibility index (Phi) is 2.60. The quantitative estimate of drug-likeness (QED) is 0.502. The molecule has 0 spiro atoms. The van der Waals surface area contributed by atoms with Gasteiger partial charge in [0.2, 0.25) is 0 Å². The van der Waals surface area contributed by atoms with Gasteiger partial charge in [0, 0.05) is 26.2 Å². The first-order chi connectivity index (χ1) is 8.02. The maximum absolute atomic E-state index is 12.5. The van der Waals surface area contributed by atoms with Crippen LogP contribution in [0.4, 0.5) is 0 Å². The van der Waals surface area contributed by atoms with E-state index < -0.39 is 0 Å². The Bertz CT molecular complexity index is 535. The van der Waals surface area contributed by atoms with E-state index in [1.807, 2.05) is 12.1 Å². The summed E-state index contributed by atoms with van der Waals surface area (Å²) < 4.78 is 0.978. The van der Waals surface area contributed by atoms with Crippen molar-refractivity contribution in [1.29, 1.82) is 0 Å². The van der Waals surface area contributed by atoms with Gasteiger partial charge in [-0.05, 0) is 24.1 Å². The van der Waals surface area contributed by atoms with Gasteiger partial charge in [-0.25, -0.2) is 0 Å².